The van der Waals surface area contributed by atoms with E-state index in [2.05, 4.69) is 20.9 Å². The van der Waals surface area contributed by atoms with Gasteiger partial charge in [-0.2, -0.15) is 0 Å². The zero-order chi connectivity index (χ0) is 21.0. The van der Waals surface area contributed by atoms with Crippen LogP contribution in [0.1, 0.15) is 17.7 Å². The molecule has 4 rings (SSSR count). The molecule has 0 radical (unpaired) electrons. The molecule has 0 amide bonds. The van der Waals surface area contributed by atoms with E-state index >= 15 is 4.39 Å². The van der Waals surface area contributed by atoms with Gasteiger partial charge in [0.25, 0.3) is 0 Å². The third-order valence-electron chi connectivity index (χ3n) is 5.50. The SMILES string of the molecule is O=C(O)C(F)(C1CCc2c([nH]c3ccc(Br)c(F)c23)C1)S(=O)(=O)c1ccccc1. The molecule has 29 heavy (non-hydrogen) atoms. The number of aromatic nitrogens is 1. The normalized spacial score (nSPS) is 18.9. The van der Waals surface area contributed by atoms with E-state index in [0.29, 0.717) is 22.2 Å². The lowest BCUT2D eigenvalue weighted by molar-refractivity contribution is -0.148. The molecule has 0 saturated carbocycles. The van der Waals surface area contributed by atoms with Crippen molar-refractivity contribution < 1.29 is 27.1 Å². The maximum absolute atomic E-state index is 15.9. The van der Waals surface area contributed by atoms with Crippen LogP contribution < -0.4 is 0 Å². The van der Waals surface area contributed by atoms with Crippen LogP contribution in [0.2, 0.25) is 0 Å². The Labute approximate surface area is 173 Å². The number of carboxylic acid groups (broad SMARTS) is 1. The Kier molecular flexibility index (Phi) is 4.77. The summed E-state index contributed by atoms with van der Waals surface area (Å²) in [4.78, 5) is 14.5. The first kappa shape index (κ1) is 20.0. The number of carbonyl (C=O) groups is 1. The largest absolute Gasteiger partial charge is 0.478 e. The van der Waals surface area contributed by atoms with E-state index in [1.165, 1.54) is 30.3 Å². The van der Waals surface area contributed by atoms with E-state index in [-0.39, 0.29) is 28.6 Å². The molecule has 0 bridgehead atoms. The molecule has 1 aliphatic carbocycles. The number of nitrogens with one attached hydrogen (secondary N) is 1. The molecule has 2 unspecified atom stereocenters. The second-order valence-corrected chi connectivity index (χ2v) is 10.00. The van der Waals surface area contributed by atoms with E-state index < -0.39 is 32.5 Å². The Bertz CT molecular complexity index is 1230. The number of H-pyrrole nitrogens is 1. The summed E-state index contributed by atoms with van der Waals surface area (Å²) in [7, 11) is -4.81. The number of benzene rings is 2. The van der Waals surface area contributed by atoms with Crippen LogP contribution in [-0.4, -0.2) is 29.5 Å². The van der Waals surface area contributed by atoms with Crippen molar-refractivity contribution in [1.29, 1.82) is 0 Å². The lowest BCUT2D eigenvalue weighted by atomic mass is 9.83. The second kappa shape index (κ2) is 6.91. The summed E-state index contributed by atoms with van der Waals surface area (Å²) in [6.07, 6.45) is -0.0344. The molecule has 3 aromatic rings. The van der Waals surface area contributed by atoms with Gasteiger partial charge in [-0.05, 0) is 65.0 Å². The van der Waals surface area contributed by atoms with Crippen LogP contribution in [0, 0.1) is 11.7 Å². The van der Waals surface area contributed by atoms with Crippen LogP contribution >= 0.6 is 15.9 Å². The molecule has 0 aliphatic heterocycles. The van der Waals surface area contributed by atoms with E-state index in [0.717, 1.165) is 0 Å². The molecule has 1 heterocycles. The lowest BCUT2D eigenvalue weighted by Crippen LogP contribution is -2.50. The highest BCUT2D eigenvalue weighted by Gasteiger charge is 2.59. The Hall–Kier alpha value is -2.26. The highest BCUT2D eigenvalue weighted by atomic mass is 79.9. The quantitative estimate of drug-likeness (QED) is 0.575. The van der Waals surface area contributed by atoms with Crippen molar-refractivity contribution in [3.05, 3.63) is 64.0 Å². The predicted molar refractivity (Wildman–Crippen MR) is 107 cm³/mol. The number of hydrogen-bond acceptors (Lipinski definition) is 3. The number of carboxylic acids is 1. The zero-order valence-electron chi connectivity index (χ0n) is 15.0. The molecule has 2 N–H and O–H groups in total. The average Bonchev–Trinajstić information content (AvgIpc) is 3.08. The molecule has 0 saturated heterocycles. The molecule has 0 spiro atoms. The van der Waals surface area contributed by atoms with Gasteiger partial charge in [0.05, 0.1) is 9.37 Å². The van der Waals surface area contributed by atoms with Crippen molar-refractivity contribution >= 4 is 42.6 Å². The topological polar surface area (TPSA) is 87.2 Å². The summed E-state index contributed by atoms with van der Waals surface area (Å²) in [6, 6.07) is 9.93. The Balaban J connectivity index is 1.80. The van der Waals surface area contributed by atoms with Crippen LogP contribution in [0.3, 0.4) is 0 Å². The van der Waals surface area contributed by atoms with Crippen molar-refractivity contribution in [3.8, 4) is 0 Å². The van der Waals surface area contributed by atoms with E-state index in [4.69, 9.17) is 0 Å². The maximum atomic E-state index is 15.9. The first-order valence-electron chi connectivity index (χ1n) is 8.87. The van der Waals surface area contributed by atoms with Gasteiger partial charge in [-0.25, -0.2) is 22.0 Å². The summed E-state index contributed by atoms with van der Waals surface area (Å²) in [5.41, 5.74) is 1.58. The molecule has 2 aromatic carbocycles. The monoisotopic (exact) mass is 483 g/mol. The van der Waals surface area contributed by atoms with Gasteiger partial charge in [-0.3, -0.25) is 0 Å². The van der Waals surface area contributed by atoms with Gasteiger partial charge in [-0.15, -0.1) is 0 Å². The van der Waals surface area contributed by atoms with Gasteiger partial charge in [0.15, 0.2) is 0 Å². The molecule has 152 valence electrons. The average molecular weight is 484 g/mol. The fraction of sp³-hybridized carbons (Fsp3) is 0.250. The standard InChI is InChI=1S/C20H16BrF2NO4S/c21-14-8-9-15-17(18(14)22)13-7-6-11(10-16(13)24-15)20(23,19(25)26)29(27,28)12-4-2-1-3-5-12/h1-5,8-9,11,24H,6-7,10H2,(H,25,26). The lowest BCUT2D eigenvalue weighted by Gasteiger charge is -2.32. The number of sulfone groups is 1. The van der Waals surface area contributed by atoms with Crippen LogP contribution in [-0.2, 0) is 27.5 Å². The van der Waals surface area contributed by atoms with Gasteiger partial charge in [0.2, 0.25) is 9.84 Å². The number of aliphatic carboxylic acids is 1. The first-order chi connectivity index (χ1) is 13.7. The first-order valence-corrected chi connectivity index (χ1v) is 11.1. The van der Waals surface area contributed by atoms with Crippen molar-refractivity contribution in [2.24, 2.45) is 5.92 Å². The summed E-state index contributed by atoms with van der Waals surface area (Å²) < 4.78 is 56.6. The summed E-state index contributed by atoms with van der Waals surface area (Å²) in [5, 5.41) is 6.48. The maximum Gasteiger partial charge on any atom is 0.358 e. The van der Waals surface area contributed by atoms with Crippen molar-refractivity contribution in [1.82, 2.24) is 4.98 Å². The fourth-order valence-corrected chi connectivity index (χ4v) is 6.11. The molecular formula is C20H16BrF2NO4S. The predicted octanol–water partition coefficient (Wildman–Crippen LogP) is 4.40. The van der Waals surface area contributed by atoms with Gasteiger partial charge in [0, 0.05) is 22.5 Å². The van der Waals surface area contributed by atoms with Crippen LogP contribution in [0.25, 0.3) is 10.9 Å². The molecule has 2 atom stereocenters. The molecule has 9 heteroatoms. The van der Waals surface area contributed by atoms with E-state index in [1.54, 1.807) is 12.1 Å². The third kappa shape index (κ3) is 2.90. The minimum Gasteiger partial charge on any atom is -0.478 e. The molecular weight excluding hydrogens is 468 g/mol. The molecule has 1 aromatic heterocycles. The van der Waals surface area contributed by atoms with Crippen LogP contribution in [0.4, 0.5) is 8.78 Å². The minimum absolute atomic E-state index is 0.0409. The number of rotatable bonds is 4. The van der Waals surface area contributed by atoms with Crippen molar-refractivity contribution in [2.75, 3.05) is 0 Å². The molecule has 5 nitrogen and oxygen atoms in total. The summed E-state index contributed by atoms with van der Waals surface area (Å²) in [5.74, 6) is -3.82. The summed E-state index contributed by atoms with van der Waals surface area (Å²) in [6.45, 7) is 0. The third-order valence-corrected chi connectivity index (χ3v) is 8.30. The highest BCUT2D eigenvalue weighted by Crippen LogP contribution is 2.43. The Morgan fingerprint density at radius 1 is 1.21 bits per heavy atom. The van der Waals surface area contributed by atoms with Gasteiger partial charge in [0.1, 0.15) is 5.82 Å². The number of halogens is 3. The number of alkyl halides is 1. The second-order valence-electron chi connectivity index (χ2n) is 7.07. The zero-order valence-corrected chi connectivity index (χ0v) is 17.4. The smallest absolute Gasteiger partial charge is 0.358 e. The van der Waals surface area contributed by atoms with E-state index in [9.17, 15) is 22.7 Å². The Morgan fingerprint density at radius 3 is 2.55 bits per heavy atom. The molecule has 1 aliphatic rings. The summed E-state index contributed by atoms with van der Waals surface area (Å²) >= 11 is 3.14. The van der Waals surface area contributed by atoms with Crippen LogP contribution in [0.5, 0.6) is 0 Å². The molecule has 0 fully saturated rings. The van der Waals surface area contributed by atoms with Gasteiger partial charge < -0.3 is 10.1 Å². The number of fused-ring (bicyclic) bond motifs is 3. The number of hydrogen-bond donors (Lipinski definition) is 2. The van der Waals surface area contributed by atoms with Gasteiger partial charge in [-0.1, -0.05) is 18.2 Å². The number of aromatic amines is 1. The van der Waals surface area contributed by atoms with Gasteiger partial charge >= 0.3 is 11.0 Å². The Morgan fingerprint density at radius 2 is 1.90 bits per heavy atom. The number of aryl methyl sites for hydroxylation is 1. The van der Waals surface area contributed by atoms with E-state index in [1.807, 2.05) is 0 Å². The van der Waals surface area contributed by atoms with Crippen molar-refractivity contribution in [3.63, 3.8) is 0 Å². The minimum atomic E-state index is -4.81. The van der Waals surface area contributed by atoms with Crippen molar-refractivity contribution in [2.45, 2.75) is 29.2 Å². The highest BCUT2D eigenvalue weighted by molar-refractivity contribution is 9.10. The van der Waals surface area contributed by atoms with Crippen LogP contribution in [0.15, 0.2) is 51.8 Å². The fourth-order valence-electron chi connectivity index (χ4n) is 4.05.